The van der Waals surface area contributed by atoms with Crippen LogP contribution in [0.1, 0.15) is 19.8 Å². The molecule has 0 bridgehead atoms. The molecule has 7 nitrogen and oxygen atoms in total. The summed E-state index contributed by atoms with van der Waals surface area (Å²) in [6, 6.07) is 14.8. The summed E-state index contributed by atoms with van der Waals surface area (Å²) in [4.78, 5) is 29.2. The first kappa shape index (κ1) is 22.2. The van der Waals surface area contributed by atoms with Gasteiger partial charge in [-0.25, -0.2) is 0 Å². The largest absolute Gasteiger partial charge is 0.380 e. The Morgan fingerprint density at radius 2 is 2.07 bits per heavy atom. The Labute approximate surface area is 182 Å². The fourth-order valence-corrected chi connectivity index (χ4v) is 4.79. The molecule has 0 unspecified atom stereocenters. The van der Waals surface area contributed by atoms with Crippen molar-refractivity contribution in [3.8, 4) is 0 Å². The van der Waals surface area contributed by atoms with Crippen LogP contribution in [0.4, 0.5) is 5.69 Å². The fourth-order valence-electron chi connectivity index (χ4n) is 2.87. The monoisotopic (exact) mass is 445 g/mol. The quantitative estimate of drug-likeness (QED) is 0.196. The van der Waals surface area contributed by atoms with Gasteiger partial charge in [-0.05, 0) is 37.3 Å². The van der Waals surface area contributed by atoms with Gasteiger partial charge in [-0.1, -0.05) is 29.5 Å². The van der Waals surface area contributed by atoms with Crippen molar-refractivity contribution in [2.75, 3.05) is 19.0 Å². The molecule has 9 heteroatoms. The minimum Gasteiger partial charge on any atom is -0.380 e. The maximum atomic E-state index is 12.4. The molecule has 1 heterocycles. The number of nitro groups is 1. The first-order chi connectivity index (χ1) is 14.6. The Bertz CT molecular complexity index is 1080. The lowest BCUT2D eigenvalue weighted by Crippen LogP contribution is -2.19. The second-order valence-electron chi connectivity index (χ2n) is 6.41. The van der Waals surface area contributed by atoms with Crippen molar-refractivity contribution >= 4 is 44.9 Å². The molecule has 0 aliphatic heterocycles. The van der Waals surface area contributed by atoms with E-state index in [0.29, 0.717) is 36.5 Å². The molecule has 0 aliphatic carbocycles. The van der Waals surface area contributed by atoms with Gasteiger partial charge in [-0.3, -0.25) is 14.9 Å². The van der Waals surface area contributed by atoms with Crippen LogP contribution in [-0.2, 0) is 16.1 Å². The number of aromatic nitrogens is 1. The zero-order chi connectivity index (χ0) is 21.3. The number of benzene rings is 2. The SMILES string of the molecule is CCOCCn1c(=NC(=O)CCCSc2ccccc2)sc2ccc([N+](=O)[O-])cc21. The molecule has 0 fully saturated rings. The number of thioether (sulfide) groups is 1. The molecule has 158 valence electrons. The second kappa shape index (κ2) is 11.1. The molecule has 2 aromatic carbocycles. The van der Waals surface area contributed by atoms with E-state index in [2.05, 4.69) is 17.1 Å². The highest BCUT2D eigenvalue weighted by atomic mass is 32.2. The molecular formula is C21H23N3O4S2. The lowest BCUT2D eigenvalue weighted by molar-refractivity contribution is -0.384. The molecule has 0 spiro atoms. The Morgan fingerprint density at radius 1 is 1.27 bits per heavy atom. The summed E-state index contributed by atoms with van der Waals surface area (Å²) < 4.78 is 8.12. The summed E-state index contributed by atoms with van der Waals surface area (Å²) in [7, 11) is 0. The summed E-state index contributed by atoms with van der Waals surface area (Å²) in [5.74, 6) is 0.656. The molecule has 1 aromatic heterocycles. The van der Waals surface area contributed by atoms with E-state index in [0.717, 1.165) is 16.9 Å². The number of amides is 1. The number of hydrogen-bond donors (Lipinski definition) is 0. The van der Waals surface area contributed by atoms with Crippen LogP contribution in [-0.4, -0.2) is 34.4 Å². The number of nitro benzene ring substituents is 1. The normalized spacial score (nSPS) is 11.8. The lowest BCUT2D eigenvalue weighted by atomic mass is 10.3. The fraction of sp³-hybridized carbons (Fsp3) is 0.333. The number of thiazole rings is 1. The van der Waals surface area contributed by atoms with Crippen LogP contribution in [0.15, 0.2) is 58.4 Å². The third-order valence-electron chi connectivity index (χ3n) is 4.31. The van der Waals surface area contributed by atoms with Gasteiger partial charge in [0, 0.05) is 36.6 Å². The van der Waals surface area contributed by atoms with E-state index in [1.807, 2.05) is 29.7 Å². The summed E-state index contributed by atoms with van der Waals surface area (Å²) in [6.07, 6.45) is 1.09. The average molecular weight is 446 g/mol. The number of hydrogen-bond acceptors (Lipinski definition) is 6. The van der Waals surface area contributed by atoms with Crippen molar-refractivity contribution < 1.29 is 14.5 Å². The average Bonchev–Trinajstić information content (AvgIpc) is 3.08. The number of fused-ring (bicyclic) bond motifs is 1. The van der Waals surface area contributed by atoms with E-state index in [-0.39, 0.29) is 11.6 Å². The van der Waals surface area contributed by atoms with E-state index in [1.54, 1.807) is 17.8 Å². The highest BCUT2D eigenvalue weighted by Crippen LogP contribution is 2.23. The summed E-state index contributed by atoms with van der Waals surface area (Å²) in [6.45, 7) is 3.40. The molecular weight excluding hydrogens is 422 g/mol. The number of carbonyl (C=O) groups excluding carboxylic acids is 1. The minimum absolute atomic E-state index is 0.0151. The number of carbonyl (C=O) groups is 1. The first-order valence-electron chi connectivity index (χ1n) is 9.69. The van der Waals surface area contributed by atoms with Gasteiger partial charge in [0.25, 0.3) is 5.69 Å². The number of nitrogens with zero attached hydrogens (tertiary/aromatic N) is 3. The Morgan fingerprint density at radius 3 is 2.80 bits per heavy atom. The molecule has 30 heavy (non-hydrogen) atoms. The maximum Gasteiger partial charge on any atom is 0.271 e. The smallest absolute Gasteiger partial charge is 0.271 e. The molecule has 0 N–H and O–H groups in total. The Hall–Kier alpha value is -2.49. The predicted octanol–water partition coefficient (Wildman–Crippen LogP) is 4.65. The molecule has 0 aliphatic rings. The summed E-state index contributed by atoms with van der Waals surface area (Å²) >= 11 is 3.08. The molecule has 3 aromatic rings. The van der Waals surface area contributed by atoms with E-state index < -0.39 is 4.92 Å². The van der Waals surface area contributed by atoms with Crippen LogP contribution < -0.4 is 4.80 Å². The van der Waals surface area contributed by atoms with E-state index in [1.165, 1.54) is 28.4 Å². The van der Waals surface area contributed by atoms with Crippen molar-refractivity contribution in [1.29, 1.82) is 0 Å². The Kier molecular flexibility index (Phi) is 8.18. The number of non-ortho nitro benzene ring substituents is 1. The number of ether oxygens (including phenoxy) is 1. The molecule has 0 saturated heterocycles. The van der Waals surface area contributed by atoms with E-state index in [4.69, 9.17) is 4.74 Å². The third kappa shape index (κ3) is 6.01. The molecule has 0 saturated carbocycles. The summed E-state index contributed by atoms with van der Waals surface area (Å²) in [5, 5.41) is 11.1. The van der Waals surface area contributed by atoms with Gasteiger partial charge in [0.05, 0.1) is 21.7 Å². The van der Waals surface area contributed by atoms with Crippen molar-refractivity contribution in [3.63, 3.8) is 0 Å². The first-order valence-corrected chi connectivity index (χ1v) is 11.5. The van der Waals surface area contributed by atoms with Gasteiger partial charge in [-0.2, -0.15) is 4.99 Å². The molecule has 0 atom stereocenters. The van der Waals surface area contributed by atoms with Crippen molar-refractivity contribution in [3.05, 3.63) is 63.4 Å². The molecule has 0 radical (unpaired) electrons. The van der Waals surface area contributed by atoms with Gasteiger partial charge < -0.3 is 9.30 Å². The lowest BCUT2D eigenvalue weighted by Gasteiger charge is -2.05. The van der Waals surface area contributed by atoms with Crippen LogP contribution in [0.25, 0.3) is 10.2 Å². The third-order valence-corrected chi connectivity index (χ3v) is 6.46. The van der Waals surface area contributed by atoms with Gasteiger partial charge >= 0.3 is 0 Å². The highest BCUT2D eigenvalue weighted by molar-refractivity contribution is 7.99. The van der Waals surface area contributed by atoms with Crippen LogP contribution in [0, 0.1) is 10.1 Å². The summed E-state index contributed by atoms with van der Waals surface area (Å²) in [5.41, 5.74) is 0.710. The van der Waals surface area contributed by atoms with Crippen molar-refractivity contribution in [2.45, 2.75) is 31.2 Å². The van der Waals surface area contributed by atoms with Crippen LogP contribution in [0.3, 0.4) is 0 Å². The molecule has 1 amide bonds. The topological polar surface area (TPSA) is 86.7 Å². The number of rotatable bonds is 10. The van der Waals surface area contributed by atoms with Crippen molar-refractivity contribution in [1.82, 2.24) is 4.57 Å². The van der Waals surface area contributed by atoms with Gasteiger partial charge in [0.2, 0.25) is 5.91 Å². The second-order valence-corrected chi connectivity index (χ2v) is 8.59. The van der Waals surface area contributed by atoms with Gasteiger partial charge in [-0.15, -0.1) is 11.8 Å². The minimum atomic E-state index is -0.420. The highest BCUT2D eigenvalue weighted by Gasteiger charge is 2.13. The van der Waals surface area contributed by atoms with E-state index in [9.17, 15) is 14.9 Å². The zero-order valence-electron chi connectivity index (χ0n) is 16.7. The Balaban J connectivity index is 1.74. The van der Waals surface area contributed by atoms with Crippen LogP contribution >= 0.6 is 23.1 Å². The van der Waals surface area contributed by atoms with Crippen molar-refractivity contribution in [2.24, 2.45) is 4.99 Å². The van der Waals surface area contributed by atoms with Crippen LogP contribution in [0.2, 0.25) is 0 Å². The predicted molar refractivity (Wildman–Crippen MR) is 120 cm³/mol. The maximum absolute atomic E-state index is 12.4. The van der Waals surface area contributed by atoms with Gasteiger partial charge in [0.15, 0.2) is 4.80 Å². The molecule has 3 rings (SSSR count). The zero-order valence-corrected chi connectivity index (χ0v) is 18.3. The van der Waals surface area contributed by atoms with Gasteiger partial charge in [0.1, 0.15) is 0 Å². The van der Waals surface area contributed by atoms with E-state index >= 15 is 0 Å². The standard InChI is InChI=1S/C21H23N3O4S2/c1-2-28-13-12-23-18-15-16(24(26)27)10-11-19(18)30-21(23)22-20(25)9-6-14-29-17-7-4-3-5-8-17/h3-5,7-8,10-11,15H,2,6,9,12-14H2,1H3. The van der Waals surface area contributed by atoms with Crippen LogP contribution in [0.5, 0.6) is 0 Å².